The van der Waals surface area contributed by atoms with Crippen molar-refractivity contribution in [1.29, 1.82) is 0 Å². The zero-order chi connectivity index (χ0) is 13.7. The molecule has 110 valence electrons. The Morgan fingerprint density at radius 3 is 2.79 bits per heavy atom. The predicted molar refractivity (Wildman–Crippen MR) is 80.5 cm³/mol. The Balaban J connectivity index is 1.96. The molecule has 0 N–H and O–H groups in total. The highest BCUT2D eigenvalue weighted by atomic mass is 32.2. The fraction of sp³-hybridized carbons (Fsp3) is 0.933. The van der Waals surface area contributed by atoms with Crippen LogP contribution in [0.25, 0.3) is 0 Å². The van der Waals surface area contributed by atoms with Gasteiger partial charge in [-0.2, -0.15) is 11.8 Å². The minimum absolute atomic E-state index is 0.0930. The first-order valence-electron chi connectivity index (χ1n) is 7.49. The highest BCUT2D eigenvalue weighted by molar-refractivity contribution is 7.98. The van der Waals surface area contributed by atoms with Crippen molar-refractivity contribution in [3.8, 4) is 0 Å². The Hall–Kier alpha value is -0.220. The fourth-order valence-corrected chi connectivity index (χ4v) is 4.39. The van der Waals surface area contributed by atoms with E-state index in [-0.39, 0.29) is 5.41 Å². The van der Waals surface area contributed by atoms with E-state index in [1.54, 1.807) is 7.11 Å². The molecule has 1 saturated carbocycles. The van der Waals surface area contributed by atoms with Gasteiger partial charge in [-0.1, -0.05) is 12.8 Å². The summed E-state index contributed by atoms with van der Waals surface area (Å²) in [5.74, 6) is 2.32. The number of methoxy groups -OCH3 is 1. The van der Waals surface area contributed by atoms with Gasteiger partial charge < -0.3 is 9.64 Å². The third-order valence-electron chi connectivity index (χ3n) is 4.77. The summed E-state index contributed by atoms with van der Waals surface area (Å²) in [6.07, 6.45) is 8.80. The molecule has 2 aliphatic rings. The first-order valence-corrected chi connectivity index (χ1v) is 8.88. The Kier molecular flexibility index (Phi) is 5.58. The minimum Gasteiger partial charge on any atom is -0.385 e. The number of carbonyl (C=O) groups is 1. The number of hydrogen-bond donors (Lipinski definition) is 0. The Labute approximate surface area is 121 Å². The minimum atomic E-state index is -0.0930. The third-order valence-corrected chi connectivity index (χ3v) is 5.58. The van der Waals surface area contributed by atoms with Gasteiger partial charge in [0.1, 0.15) is 0 Å². The van der Waals surface area contributed by atoms with Crippen molar-refractivity contribution in [3.63, 3.8) is 0 Å². The molecule has 1 amide bonds. The summed E-state index contributed by atoms with van der Waals surface area (Å²) >= 11 is 1.90. The molecule has 1 aliphatic carbocycles. The first kappa shape index (κ1) is 15.2. The van der Waals surface area contributed by atoms with Crippen LogP contribution in [0.15, 0.2) is 0 Å². The summed E-state index contributed by atoms with van der Waals surface area (Å²) in [5, 5.41) is 0. The van der Waals surface area contributed by atoms with Crippen LogP contribution in [-0.4, -0.2) is 49.6 Å². The van der Waals surface area contributed by atoms with Crippen molar-refractivity contribution < 1.29 is 9.53 Å². The number of rotatable bonds is 6. The molecule has 19 heavy (non-hydrogen) atoms. The Morgan fingerprint density at radius 1 is 1.42 bits per heavy atom. The lowest BCUT2D eigenvalue weighted by atomic mass is 9.81. The molecular weight excluding hydrogens is 258 g/mol. The second kappa shape index (κ2) is 6.98. The Morgan fingerprint density at radius 2 is 2.16 bits per heavy atom. The van der Waals surface area contributed by atoms with E-state index < -0.39 is 0 Å². The zero-order valence-corrected chi connectivity index (χ0v) is 13.1. The molecule has 1 saturated heterocycles. The van der Waals surface area contributed by atoms with Crippen LogP contribution in [0.5, 0.6) is 0 Å². The van der Waals surface area contributed by atoms with Crippen molar-refractivity contribution in [2.75, 3.05) is 38.8 Å². The van der Waals surface area contributed by atoms with E-state index in [0.717, 1.165) is 32.4 Å². The molecule has 1 aliphatic heterocycles. The first-order chi connectivity index (χ1) is 9.22. The van der Waals surface area contributed by atoms with E-state index in [0.29, 0.717) is 18.4 Å². The molecule has 1 atom stereocenters. The van der Waals surface area contributed by atoms with E-state index in [9.17, 15) is 4.79 Å². The van der Waals surface area contributed by atoms with Crippen LogP contribution in [0.2, 0.25) is 0 Å². The number of likely N-dealkylation sites (tertiary alicyclic amines) is 1. The average Bonchev–Trinajstić information content (AvgIpc) is 3.06. The molecule has 0 aromatic heterocycles. The molecule has 4 heteroatoms. The van der Waals surface area contributed by atoms with Crippen LogP contribution in [0.4, 0.5) is 0 Å². The zero-order valence-electron chi connectivity index (χ0n) is 12.3. The maximum Gasteiger partial charge on any atom is 0.228 e. The lowest BCUT2D eigenvalue weighted by molar-refractivity contribution is -0.142. The summed E-state index contributed by atoms with van der Waals surface area (Å²) in [7, 11) is 1.73. The molecule has 2 fully saturated rings. The number of ether oxygens (including phenoxy) is 1. The molecule has 0 aromatic rings. The average molecular weight is 285 g/mol. The van der Waals surface area contributed by atoms with Gasteiger partial charge in [-0.15, -0.1) is 0 Å². The number of carbonyl (C=O) groups excluding carboxylic acids is 1. The molecular formula is C15H27NO2S. The van der Waals surface area contributed by atoms with Crippen molar-refractivity contribution >= 4 is 17.7 Å². The lowest BCUT2D eigenvalue weighted by Gasteiger charge is -2.32. The molecule has 0 aromatic carbocycles. The van der Waals surface area contributed by atoms with Gasteiger partial charge in [-0.05, 0) is 43.6 Å². The van der Waals surface area contributed by atoms with Crippen molar-refractivity contribution in [1.82, 2.24) is 4.90 Å². The summed E-state index contributed by atoms with van der Waals surface area (Å²) in [5.41, 5.74) is -0.0930. The molecule has 0 bridgehead atoms. The van der Waals surface area contributed by atoms with Gasteiger partial charge in [0.15, 0.2) is 0 Å². The number of thioether (sulfide) groups is 1. The fourth-order valence-electron chi connectivity index (χ4n) is 3.64. The summed E-state index contributed by atoms with van der Waals surface area (Å²) in [6.45, 7) is 2.67. The number of amides is 1. The summed E-state index contributed by atoms with van der Waals surface area (Å²) in [4.78, 5) is 15.0. The normalized spacial score (nSPS) is 26.0. The quantitative estimate of drug-likeness (QED) is 0.751. The maximum absolute atomic E-state index is 12.9. The summed E-state index contributed by atoms with van der Waals surface area (Å²) < 4.78 is 5.23. The van der Waals surface area contributed by atoms with Crippen LogP contribution in [0.3, 0.4) is 0 Å². The van der Waals surface area contributed by atoms with E-state index in [4.69, 9.17) is 4.74 Å². The molecule has 3 nitrogen and oxygen atoms in total. The van der Waals surface area contributed by atoms with Gasteiger partial charge in [0, 0.05) is 26.8 Å². The van der Waals surface area contributed by atoms with Crippen LogP contribution in [-0.2, 0) is 9.53 Å². The van der Waals surface area contributed by atoms with Crippen LogP contribution < -0.4 is 0 Å². The maximum atomic E-state index is 12.9. The smallest absolute Gasteiger partial charge is 0.228 e. The van der Waals surface area contributed by atoms with Crippen molar-refractivity contribution in [3.05, 3.63) is 0 Å². The van der Waals surface area contributed by atoms with Gasteiger partial charge >= 0.3 is 0 Å². The highest BCUT2D eigenvalue weighted by Crippen LogP contribution is 2.43. The molecule has 1 heterocycles. The predicted octanol–water partition coefficient (Wildman–Crippen LogP) is 2.79. The second-order valence-corrected chi connectivity index (χ2v) is 7.00. The lowest BCUT2D eigenvalue weighted by Crippen LogP contribution is -2.42. The SMILES string of the molecule is COCCC1(C(=O)N2CC[C@@H](CSC)C2)CCCC1. The topological polar surface area (TPSA) is 29.5 Å². The molecule has 0 unspecified atom stereocenters. The van der Waals surface area contributed by atoms with Gasteiger partial charge in [0.25, 0.3) is 0 Å². The van der Waals surface area contributed by atoms with Crippen molar-refractivity contribution in [2.24, 2.45) is 11.3 Å². The van der Waals surface area contributed by atoms with Gasteiger partial charge in [-0.3, -0.25) is 4.79 Å². The molecule has 2 rings (SSSR count). The summed E-state index contributed by atoms with van der Waals surface area (Å²) in [6, 6.07) is 0. The third kappa shape index (κ3) is 3.46. The van der Waals surface area contributed by atoms with E-state index in [1.165, 1.54) is 25.0 Å². The van der Waals surface area contributed by atoms with E-state index in [1.807, 2.05) is 11.8 Å². The Bertz CT molecular complexity index is 303. The van der Waals surface area contributed by atoms with Gasteiger partial charge in [0.05, 0.1) is 5.41 Å². The second-order valence-electron chi connectivity index (χ2n) is 6.09. The number of hydrogen-bond acceptors (Lipinski definition) is 3. The highest BCUT2D eigenvalue weighted by Gasteiger charge is 2.44. The van der Waals surface area contributed by atoms with Gasteiger partial charge in [-0.25, -0.2) is 0 Å². The number of nitrogens with zero attached hydrogens (tertiary/aromatic N) is 1. The van der Waals surface area contributed by atoms with Crippen LogP contribution in [0.1, 0.15) is 38.5 Å². The van der Waals surface area contributed by atoms with Crippen LogP contribution >= 0.6 is 11.8 Å². The molecule has 0 spiro atoms. The van der Waals surface area contributed by atoms with Crippen molar-refractivity contribution in [2.45, 2.75) is 38.5 Å². The monoisotopic (exact) mass is 285 g/mol. The largest absolute Gasteiger partial charge is 0.385 e. The van der Waals surface area contributed by atoms with Gasteiger partial charge in [0.2, 0.25) is 5.91 Å². The van der Waals surface area contributed by atoms with Crippen LogP contribution in [0, 0.1) is 11.3 Å². The van der Waals surface area contributed by atoms with E-state index in [2.05, 4.69) is 11.2 Å². The standard InChI is InChI=1S/C15H27NO2S/c1-18-10-8-15(6-3-4-7-15)14(17)16-9-5-13(11-16)12-19-2/h13H,3-12H2,1-2H3/t13-/m1/s1. The van der Waals surface area contributed by atoms with E-state index >= 15 is 0 Å². The molecule has 0 radical (unpaired) electrons.